The van der Waals surface area contributed by atoms with Gasteiger partial charge in [-0.2, -0.15) is 0 Å². The first-order valence-corrected chi connectivity index (χ1v) is 7.50. The number of hydrogen-bond donors (Lipinski definition) is 0. The van der Waals surface area contributed by atoms with Gasteiger partial charge in [0.25, 0.3) is 5.91 Å². The number of aromatic nitrogens is 2. The predicted molar refractivity (Wildman–Crippen MR) is 83.9 cm³/mol. The molecule has 0 spiro atoms. The molecule has 0 saturated carbocycles. The SMILES string of the molecule is Cc1ccc(C(=O)N(C[C@H]2CCCO2)c2ccncc2)cn1. The third-order valence-corrected chi connectivity index (χ3v) is 3.79. The van der Waals surface area contributed by atoms with Crippen molar-refractivity contribution >= 4 is 11.6 Å². The molecule has 1 amide bonds. The Kier molecular flexibility index (Phi) is 4.44. The van der Waals surface area contributed by atoms with E-state index in [9.17, 15) is 4.79 Å². The normalized spacial score (nSPS) is 17.4. The number of pyridine rings is 2. The molecule has 3 rings (SSSR count). The quantitative estimate of drug-likeness (QED) is 0.870. The van der Waals surface area contributed by atoms with Gasteiger partial charge in [0, 0.05) is 36.6 Å². The lowest BCUT2D eigenvalue weighted by Gasteiger charge is -2.25. The van der Waals surface area contributed by atoms with Crippen molar-refractivity contribution in [1.82, 2.24) is 9.97 Å². The number of ether oxygens (including phenoxy) is 1. The van der Waals surface area contributed by atoms with Gasteiger partial charge in [-0.05, 0) is 44.0 Å². The molecular weight excluding hydrogens is 278 g/mol. The molecule has 1 aliphatic rings. The maximum absolute atomic E-state index is 12.9. The van der Waals surface area contributed by atoms with Crippen LogP contribution in [0, 0.1) is 6.92 Å². The number of anilines is 1. The number of aryl methyl sites for hydroxylation is 1. The number of hydrogen-bond acceptors (Lipinski definition) is 4. The van der Waals surface area contributed by atoms with Crippen LogP contribution in [0.1, 0.15) is 28.9 Å². The van der Waals surface area contributed by atoms with Crippen molar-refractivity contribution < 1.29 is 9.53 Å². The van der Waals surface area contributed by atoms with Crippen molar-refractivity contribution in [3.8, 4) is 0 Å². The largest absolute Gasteiger partial charge is 0.376 e. The highest BCUT2D eigenvalue weighted by atomic mass is 16.5. The van der Waals surface area contributed by atoms with E-state index in [0.29, 0.717) is 12.1 Å². The molecule has 0 unspecified atom stereocenters. The number of rotatable bonds is 4. The van der Waals surface area contributed by atoms with E-state index in [0.717, 1.165) is 30.8 Å². The number of amides is 1. The summed E-state index contributed by atoms with van der Waals surface area (Å²) in [6.45, 7) is 3.23. The molecular formula is C17H19N3O2. The Balaban J connectivity index is 1.86. The van der Waals surface area contributed by atoms with E-state index in [2.05, 4.69) is 9.97 Å². The van der Waals surface area contributed by atoms with Crippen LogP contribution in [0.5, 0.6) is 0 Å². The van der Waals surface area contributed by atoms with E-state index in [1.54, 1.807) is 23.5 Å². The minimum Gasteiger partial charge on any atom is -0.376 e. The molecule has 0 aromatic carbocycles. The summed E-state index contributed by atoms with van der Waals surface area (Å²) >= 11 is 0. The van der Waals surface area contributed by atoms with Crippen molar-refractivity contribution in [2.24, 2.45) is 0 Å². The van der Waals surface area contributed by atoms with Crippen LogP contribution in [0.4, 0.5) is 5.69 Å². The van der Waals surface area contributed by atoms with E-state index in [-0.39, 0.29) is 12.0 Å². The van der Waals surface area contributed by atoms with E-state index in [1.807, 2.05) is 31.2 Å². The Hall–Kier alpha value is -2.27. The number of carbonyl (C=O) groups is 1. The lowest BCUT2D eigenvalue weighted by Crippen LogP contribution is -2.37. The molecule has 0 radical (unpaired) electrons. The Labute approximate surface area is 130 Å². The van der Waals surface area contributed by atoms with Gasteiger partial charge in [0.1, 0.15) is 0 Å². The third kappa shape index (κ3) is 3.31. The van der Waals surface area contributed by atoms with E-state index in [4.69, 9.17) is 4.74 Å². The van der Waals surface area contributed by atoms with Gasteiger partial charge in [0.15, 0.2) is 0 Å². The Morgan fingerprint density at radius 3 is 2.77 bits per heavy atom. The summed E-state index contributed by atoms with van der Waals surface area (Å²) in [6, 6.07) is 7.35. The van der Waals surface area contributed by atoms with Gasteiger partial charge < -0.3 is 9.64 Å². The Morgan fingerprint density at radius 2 is 2.14 bits per heavy atom. The molecule has 1 atom stereocenters. The van der Waals surface area contributed by atoms with Gasteiger partial charge in [0.05, 0.1) is 18.2 Å². The topological polar surface area (TPSA) is 55.3 Å². The second-order valence-corrected chi connectivity index (χ2v) is 5.44. The van der Waals surface area contributed by atoms with Crippen molar-refractivity contribution in [3.05, 3.63) is 54.1 Å². The maximum Gasteiger partial charge on any atom is 0.259 e. The van der Waals surface area contributed by atoms with Crippen LogP contribution in [0.3, 0.4) is 0 Å². The molecule has 1 fully saturated rings. The zero-order valence-corrected chi connectivity index (χ0v) is 12.6. The smallest absolute Gasteiger partial charge is 0.259 e. The minimum absolute atomic E-state index is 0.0609. The molecule has 0 aliphatic carbocycles. The molecule has 1 aliphatic heterocycles. The van der Waals surface area contributed by atoms with Crippen LogP contribution in [0.25, 0.3) is 0 Å². The second-order valence-electron chi connectivity index (χ2n) is 5.44. The Bertz CT molecular complexity index is 622. The second kappa shape index (κ2) is 6.66. The van der Waals surface area contributed by atoms with Crippen LogP contribution < -0.4 is 4.90 Å². The highest BCUT2D eigenvalue weighted by Gasteiger charge is 2.24. The fraction of sp³-hybridized carbons (Fsp3) is 0.353. The fourth-order valence-corrected chi connectivity index (χ4v) is 2.57. The summed E-state index contributed by atoms with van der Waals surface area (Å²) < 4.78 is 5.68. The highest BCUT2D eigenvalue weighted by Crippen LogP contribution is 2.20. The summed E-state index contributed by atoms with van der Waals surface area (Å²) in [6.07, 6.45) is 7.14. The van der Waals surface area contributed by atoms with Gasteiger partial charge >= 0.3 is 0 Å². The lowest BCUT2D eigenvalue weighted by atomic mass is 10.1. The summed E-state index contributed by atoms with van der Waals surface area (Å²) in [5.74, 6) is -0.0609. The number of carbonyl (C=O) groups excluding carboxylic acids is 1. The minimum atomic E-state index is -0.0609. The first-order chi connectivity index (χ1) is 10.7. The van der Waals surface area contributed by atoms with Crippen molar-refractivity contribution in [1.29, 1.82) is 0 Å². The first kappa shape index (κ1) is 14.7. The molecule has 0 bridgehead atoms. The lowest BCUT2D eigenvalue weighted by molar-refractivity contribution is 0.0917. The predicted octanol–water partition coefficient (Wildman–Crippen LogP) is 2.61. The van der Waals surface area contributed by atoms with Crippen molar-refractivity contribution in [3.63, 3.8) is 0 Å². The molecule has 2 aromatic rings. The molecule has 5 heteroatoms. The maximum atomic E-state index is 12.9. The Morgan fingerprint density at radius 1 is 1.32 bits per heavy atom. The van der Waals surface area contributed by atoms with E-state index < -0.39 is 0 Å². The zero-order chi connectivity index (χ0) is 15.4. The fourth-order valence-electron chi connectivity index (χ4n) is 2.57. The molecule has 3 heterocycles. The molecule has 5 nitrogen and oxygen atoms in total. The van der Waals surface area contributed by atoms with Gasteiger partial charge in [0.2, 0.25) is 0 Å². The monoisotopic (exact) mass is 297 g/mol. The van der Waals surface area contributed by atoms with Gasteiger partial charge in [-0.15, -0.1) is 0 Å². The van der Waals surface area contributed by atoms with E-state index >= 15 is 0 Å². The number of nitrogens with zero attached hydrogens (tertiary/aromatic N) is 3. The molecule has 22 heavy (non-hydrogen) atoms. The van der Waals surface area contributed by atoms with Gasteiger partial charge in [-0.1, -0.05) is 0 Å². The van der Waals surface area contributed by atoms with Crippen LogP contribution in [0.15, 0.2) is 42.9 Å². The highest BCUT2D eigenvalue weighted by molar-refractivity contribution is 6.05. The molecule has 0 N–H and O–H groups in total. The summed E-state index contributed by atoms with van der Waals surface area (Å²) in [7, 11) is 0. The van der Waals surface area contributed by atoms with Crippen LogP contribution in [-0.2, 0) is 4.74 Å². The molecule has 114 valence electrons. The molecule has 1 saturated heterocycles. The summed E-state index contributed by atoms with van der Waals surface area (Å²) in [5.41, 5.74) is 2.31. The summed E-state index contributed by atoms with van der Waals surface area (Å²) in [5, 5.41) is 0. The van der Waals surface area contributed by atoms with Crippen molar-refractivity contribution in [2.45, 2.75) is 25.9 Å². The third-order valence-electron chi connectivity index (χ3n) is 3.79. The van der Waals surface area contributed by atoms with E-state index in [1.165, 1.54) is 0 Å². The summed E-state index contributed by atoms with van der Waals surface area (Å²) in [4.78, 5) is 22.8. The zero-order valence-electron chi connectivity index (χ0n) is 12.6. The average Bonchev–Trinajstić information content (AvgIpc) is 3.07. The van der Waals surface area contributed by atoms with Crippen LogP contribution in [-0.4, -0.2) is 35.1 Å². The van der Waals surface area contributed by atoms with Gasteiger partial charge in [-0.3, -0.25) is 14.8 Å². The van der Waals surface area contributed by atoms with Gasteiger partial charge in [-0.25, -0.2) is 0 Å². The molecule has 2 aromatic heterocycles. The first-order valence-electron chi connectivity index (χ1n) is 7.50. The van der Waals surface area contributed by atoms with Crippen LogP contribution >= 0.6 is 0 Å². The van der Waals surface area contributed by atoms with Crippen LogP contribution in [0.2, 0.25) is 0 Å². The average molecular weight is 297 g/mol. The standard InChI is InChI=1S/C17H19N3O2/c1-13-4-5-14(11-19-13)17(21)20(12-16-3-2-10-22-16)15-6-8-18-9-7-15/h4-9,11,16H,2-3,10,12H2,1H3/t16-/m1/s1. The van der Waals surface area contributed by atoms with Crippen molar-refractivity contribution in [2.75, 3.05) is 18.1 Å².